The number of nitro benzene ring substituents is 1. The topological polar surface area (TPSA) is 95.1 Å². The van der Waals surface area contributed by atoms with Crippen molar-refractivity contribution in [1.29, 1.82) is 5.26 Å². The molecule has 1 aromatic carbocycles. The van der Waals surface area contributed by atoms with E-state index >= 15 is 0 Å². The summed E-state index contributed by atoms with van der Waals surface area (Å²) in [5, 5.41) is 23.2. The minimum Gasteiger partial charge on any atom is -0.375 e. The highest BCUT2D eigenvalue weighted by atomic mass is 16.6. The van der Waals surface area contributed by atoms with Gasteiger partial charge < -0.3 is 10.2 Å². The van der Waals surface area contributed by atoms with Crippen molar-refractivity contribution in [2.24, 2.45) is 0 Å². The van der Waals surface area contributed by atoms with Crippen molar-refractivity contribution in [3.8, 4) is 6.07 Å². The lowest BCUT2D eigenvalue weighted by Gasteiger charge is -2.17. The SMILES string of the molecule is N#Cc1ccc([N+](=O)[O-])c(NCc2ccnc(N3CCCC3)c2)c1. The highest BCUT2D eigenvalue weighted by molar-refractivity contribution is 5.64. The van der Waals surface area contributed by atoms with Gasteiger partial charge in [0.05, 0.1) is 16.6 Å². The lowest BCUT2D eigenvalue weighted by Crippen LogP contribution is -2.19. The monoisotopic (exact) mass is 323 g/mol. The number of nitrogens with one attached hydrogen (secondary N) is 1. The molecule has 1 fully saturated rings. The summed E-state index contributed by atoms with van der Waals surface area (Å²) in [6.07, 6.45) is 4.11. The van der Waals surface area contributed by atoms with E-state index in [9.17, 15) is 10.1 Å². The van der Waals surface area contributed by atoms with Crippen molar-refractivity contribution < 1.29 is 4.92 Å². The molecule has 3 rings (SSSR count). The van der Waals surface area contributed by atoms with E-state index in [2.05, 4.69) is 15.2 Å². The number of rotatable bonds is 5. The number of pyridine rings is 1. The number of aromatic nitrogens is 1. The highest BCUT2D eigenvalue weighted by Crippen LogP contribution is 2.26. The van der Waals surface area contributed by atoms with Gasteiger partial charge in [-0.2, -0.15) is 5.26 Å². The first-order valence-corrected chi connectivity index (χ1v) is 7.79. The van der Waals surface area contributed by atoms with Gasteiger partial charge in [-0.25, -0.2) is 4.98 Å². The Kier molecular flexibility index (Phi) is 4.57. The molecule has 122 valence electrons. The Balaban J connectivity index is 1.77. The highest BCUT2D eigenvalue weighted by Gasteiger charge is 2.15. The maximum absolute atomic E-state index is 11.1. The van der Waals surface area contributed by atoms with Crippen LogP contribution >= 0.6 is 0 Å². The van der Waals surface area contributed by atoms with Crippen molar-refractivity contribution >= 4 is 17.2 Å². The van der Waals surface area contributed by atoms with Gasteiger partial charge in [-0.05, 0) is 42.7 Å². The normalized spacial score (nSPS) is 13.5. The van der Waals surface area contributed by atoms with Crippen molar-refractivity contribution in [3.63, 3.8) is 0 Å². The molecule has 2 aromatic rings. The van der Waals surface area contributed by atoms with Gasteiger partial charge in [-0.1, -0.05) is 0 Å². The van der Waals surface area contributed by atoms with Crippen LogP contribution in [0.2, 0.25) is 0 Å². The molecule has 1 aliphatic rings. The third kappa shape index (κ3) is 3.43. The summed E-state index contributed by atoms with van der Waals surface area (Å²) in [6, 6.07) is 10.2. The minimum absolute atomic E-state index is 0.0391. The largest absolute Gasteiger partial charge is 0.375 e. The Bertz CT molecular complexity index is 794. The van der Waals surface area contributed by atoms with Gasteiger partial charge in [0.1, 0.15) is 11.5 Å². The van der Waals surface area contributed by atoms with Crippen LogP contribution in [0.3, 0.4) is 0 Å². The molecule has 0 aliphatic carbocycles. The average Bonchev–Trinajstić information content (AvgIpc) is 3.14. The summed E-state index contributed by atoms with van der Waals surface area (Å²) in [5.41, 5.74) is 1.68. The number of hydrogen-bond donors (Lipinski definition) is 1. The molecular formula is C17H17N5O2. The van der Waals surface area contributed by atoms with Gasteiger partial charge >= 0.3 is 0 Å². The van der Waals surface area contributed by atoms with E-state index in [-0.39, 0.29) is 5.69 Å². The smallest absolute Gasteiger partial charge is 0.292 e. The molecule has 0 atom stereocenters. The molecule has 0 spiro atoms. The van der Waals surface area contributed by atoms with E-state index in [0.29, 0.717) is 17.8 Å². The predicted molar refractivity (Wildman–Crippen MR) is 90.8 cm³/mol. The summed E-state index contributed by atoms with van der Waals surface area (Å²) in [6.45, 7) is 2.46. The molecule has 0 radical (unpaired) electrons. The standard InChI is InChI=1S/C17H17N5O2/c18-11-13-3-4-16(22(23)24)15(9-13)20-12-14-5-6-19-17(10-14)21-7-1-2-8-21/h3-6,9-10,20H,1-2,7-8,12H2. The Labute approximate surface area is 139 Å². The molecule has 1 N–H and O–H groups in total. The van der Waals surface area contributed by atoms with Gasteiger partial charge in [0, 0.05) is 31.9 Å². The van der Waals surface area contributed by atoms with Gasteiger partial charge in [-0.3, -0.25) is 10.1 Å². The summed E-state index contributed by atoms with van der Waals surface area (Å²) in [7, 11) is 0. The van der Waals surface area contributed by atoms with E-state index in [1.807, 2.05) is 18.2 Å². The first-order valence-electron chi connectivity index (χ1n) is 7.79. The third-order valence-electron chi connectivity index (χ3n) is 4.05. The van der Waals surface area contributed by atoms with Crippen molar-refractivity contribution in [2.45, 2.75) is 19.4 Å². The third-order valence-corrected chi connectivity index (χ3v) is 4.05. The van der Waals surface area contributed by atoms with Crippen LogP contribution in [0.4, 0.5) is 17.2 Å². The molecule has 1 aliphatic heterocycles. The second-order valence-corrected chi connectivity index (χ2v) is 5.67. The number of hydrogen-bond acceptors (Lipinski definition) is 6. The molecule has 0 bridgehead atoms. The predicted octanol–water partition coefficient (Wildman–Crippen LogP) is 3.07. The van der Waals surface area contributed by atoms with E-state index in [1.165, 1.54) is 31.0 Å². The van der Waals surface area contributed by atoms with E-state index in [0.717, 1.165) is 24.5 Å². The summed E-state index contributed by atoms with van der Waals surface area (Å²) in [4.78, 5) is 17.3. The van der Waals surface area contributed by atoms with Crippen LogP contribution < -0.4 is 10.2 Å². The Morgan fingerprint density at radius 1 is 1.29 bits per heavy atom. The molecule has 0 amide bonds. The van der Waals surface area contributed by atoms with Crippen molar-refractivity contribution in [1.82, 2.24) is 4.98 Å². The zero-order chi connectivity index (χ0) is 16.9. The summed E-state index contributed by atoms with van der Waals surface area (Å²) >= 11 is 0. The van der Waals surface area contributed by atoms with Crippen LogP contribution in [-0.2, 0) is 6.54 Å². The molecular weight excluding hydrogens is 306 g/mol. The van der Waals surface area contributed by atoms with Crippen molar-refractivity contribution in [3.05, 3.63) is 57.8 Å². The zero-order valence-corrected chi connectivity index (χ0v) is 13.1. The van der Waals surface area contributed by atoms with Crippen molar-refractivity contribution in [2.75, 3.05) is 23.3 Å². The first-order chi connectivity index (χ1) is 11.7. The maximum atomic E-state index is 11.1. The minimum atomic E-state index is -0.453. The Morgan fingerprint density at radius 2 is 2.08 bits per heavy atom. The van der Waals surface area contributed by atoms with Crippen LogP contribution in [0.5, 0.6) is 0 Å². The number of benzene rings is 1. The number of nitro groups is 1. The fourth-order valence-corrected chi connectivity index (χ4v) is 2.79. The van der Waals surface area contributed by atoms with Gasteiger partial charge in [-0.15, -0.1) is 0 Å². The van der Waals surface area contributed by atoms with Crippen LogP contribution in [0.15, 0.2) is 36.5 Å². The molecule has 0 saturated carbocycles. The average molecular weight is 323 g/mol. The fraction of sp³-hybridized carbons (Fsp3) is 0.294. The molecule has 0 unspecified atom stereocenters. The van der Waals surface area contributed by atoms with Gasteiger partial charge in [0.2, 0.25) is 0 Å². The van der Waals surface area contributed by atoms with Crippen LogP contribution in [0, 0.1) is 21.4 Å². The second kappa shape index (κ2) is 6.96. The molecule has 1 saturated heterocycles. The molecule has 7 nitrogen and oxygen atoms in total. The van der Waals surface area contributed by atoms with Gasteiger partial charge in [0.25, 0.3) is 5.69 Å². The number of anilines is 2. The van der Waals surface area contributed by atoms with Crippen LogP contribution in [0.1, 0.15) is 24.0 Å². The van der Waals surface area contributed by atoms with Crippen LogP contribution in [0.25, 0.3) is 0 Å². The maximum Gasteiger partial charge on any atom is 0.292 e. The second-order valence-electron chi connectivity index (χ2n) is 5.67. The Hall–Kier alpha value is -3.14. The molecule has 2 heterocycles. The lowest BCUT2D eigenvalue weighted by atomic mass is 10.1. The summed E-state index contributed by atoms with van der Waals surface area (Å²) in [5.74, 6) is 0.937. The number of nitriles is 1. The fourth-order valence-electron chi connectivity index (χ4n) is 2.79. The van der Waals surface area contributed by atoms with E-state index in [4.69, 9.17) is 5.26 Å². The lowest BCUT2D eigenvalue weighted by molar-refractivity contribution is -0.384. The first kappa shape index (κ1) is 15.7. The molecule has 24 heavy (non-hydrogen) atoms. The van der Waals surface area contributed by atoms with E-state index in [1.54, 1.807) is 6.20 Å². The molecule has 1 aromatic heterocycles. The van der Waals surface area contributed by atoms with E-state index < -0.39 is 4.92 Å². The van der Waals surface area contributed by atoms with Gasteiger partial charge in [0.15, 0.2) is 0 Å². The number of nitrogens with zero attached hydrogens (tertiary/aromatic N) is 4. The van der Waals surface area contributed by atoms with Crippen LogP contribution in [-0.4, -0.2) is 23.0 Å². The Morgan fingerprint density at radius 3 is 2.79 bits per heavy atom. The zero-order valence-electron chi connectivity index (χ0n) is 13.1. The quantitative estimate of drug-likeness (QED) is 0.671. The summed E-state index contributed by atoms with van der Waals surface area (Å²) < 4.78 is 0. The molecule has 7 heteroatoms.